The van der Waals surface area contributed by atoms with Crippen LogP contribution in [0.25, 0.3) is 0 Å². The molecule has 1 N–H and O–H groups in total. The summed E-state index contributed by atoms with van der Waals surface area (Å²) in [6.07, 6.45) is 7.03. The Bertz CT molecular complexity index is 180. The highest BCUT2D eigenvalue weighted by Crippen LogP contribution is 2.21. The van der Waals surface area contributed by atoms with Crippen LogP contribution in [0.2, 0.25) is 0 Å². The summed E-state index contributed by atoms with van der Waals surface area (Å²) in [5.41, 5.74) is 0. The van der Waals surface area contributed by atoms with Gasteiger partial charge in [0.05, 0.1) is 6.10 Å². The van der Waals surface area contributed by atoms with Gasteiger partial charge < -0.3 is 15.0 Å². The molecule has 1 heterocycles. The fourth-order valence-electron chi connectivity index (χ4n) is 2.77. The zero-order chi connectivity index (χ0) is 10.5. The largest absolute Gasteiger partial charge is 0.381 e. The first kappa shape index (κ1) is 11.4. The number of methoxy groups -OCH3 is 1. The molecule has 0 aromatic rings. The van der Waals surface area contributed by atoms with E-state index < -0.39 is 0 Å². The lowest BCUT2D eigenvalue weighted by Crippen LogP contribution is -2.35. The van der Waals surface area contributed by atoms with E-state index in [2.05, 4.69) is 10.2 Å². The number of ether oxygens (including phenoxy) is 1. The summed E-state index contributed by atoms with van der Waals surface area (Å²) in [4.78, 5) is 2.57. The Morgan fingerprint density at radius 3 is 2.73 bits per heavy atom. The molecule has 2 rings (SSSR count). The van der Waals surface area contributed by atoms with Crippen LogP contribution in [0.5, 0.6) is 0 Å². The Balaban J connectivity index is 1.54. The fourth-order valence-corrected chi connectivity index (χ4v) is 2.77. The van der Waals surface area contributed by atoms with Gasteiger partial charge >= 0.3 is 0 Å². The molecule has 0 aromatic heterocycles. The molecule has 3 heteroatoms. The Morgan fingerprint density at radius 2 is 2.07 bits per heavy atom. The average molecular weight is 212 g/mol. The lowest BCUT2D eigenvalue weighted by Gasteiger charge is -2.17. The van der Waals surface area contributed by atoms with Gasteiger partial charge in [-0.2, -0.15) is 0 Å². The van der Waals surface area contributed by atoms with Gasteiger partial charge in [0.1, 0.15) is 0 Å². The number of nitrogens with zero attached hydrogens (tertiary/aromatic N) is 1. The molecule has 1 saturated carbocycles. The van der Waals surface area contributed by atoms with Crippen molar-refractivity contribution in [3.63, 3.8) is 0 Å². The number of rotatable bonds is 5. The third kappa shape index (κ3) is 3.44. The van der Waals surface area contributed by atoms with Crippen LogP contribution in [0, 0.1) is 0 Å². The summed E-state index contributed by atoms with van der Waals surface area (Å²) >= 11 is 0. The van der Waals surface area contributed by atoms with E-state index in [9.17, 15) is 0 Å². The molecule has 0 aromatic carbocycles. The molecule has 2 unspecified atom stereocenters. The highest BCUT2D eigenvalue weighted by atomic mass is 16.5. The van der Waals surface area contributed by atoms with Crippen molar-refractivity contribution in [2.24, 2.45) is 0 Å². The Kier molecular flexibility index (Phi) is 4.42. The zero-order valence-corrected chi connectivity index (χ0v) is 9.87. The van der Waals surface area contributed by atoms with Crippen LogP contribution in [0.15, 0.2) is 0 Å². The SMILES string of the molecule is COC1CCC(NCCN2CCCC2)C1. The van der Waals surface area contributed by atoms with E-state index in [-0.39, 0.29) is 0 Å². The van der Waals surface area contributed by atoms with Crippen LogP contribution < -0.4 is 5.32 Å². The van der Waals surface area contributed by atoms with Gasteiger partial charge in [0.2, 0.25) is 0 Å². The van der Waals surface area contributed by atoms with Crippen molar-refractivity contribution in [3.8, 4) is 0 Å². The first-order valence-electron chi connectivity index (χ1n) is 6.37. The lowest BCUT2D eigenvalue weighted by molar-refractivity contribution is 0.107. The van der Waals surface area contributed by atoms with E-state index in [1.165, 1.54) is 51.7 Å². The van der Waals surface area contributed by atoms with Crippen LogP contribution in [0.4, 0.5) is 0 Å². The average Bonchev–Trinajstić information content (AvgIpc) is 2.88. The molecule has 15 heavy (non-hydrogen) atoms. The third-order valence-corrected chi connectivity index (χ3v) is 3.78. The maximum Gasteiger partial charge on any atom is 0.0586 e. The minimum Gasteiger partial charge on any atom is -0.381 e. The van der Waals surface area contributed by atoms with Crippen molar-refractivity contribution in [1.29, 1.82) is 0 Å². The second kappa shape index (κ2) is 5.83. The van der Waals surface area contributed by atoms with E-state index in [4.69, 9.17) is 4.74 Å². The van der Waals surface area contributed by atoms with Gasteiger partial charge in [-0.25, -0.2) is 0 Å². The second-order valence-corrected chi connectivity index (χ2v) is 4.87. The maximum absolute atomic E-state index is 5.37. The summed E-state index contributed by atoms with van der Waals surface area (Å²) < 4.78 is 5.37. The van der Waals surface area contributed by atoms with Crippen LogP contribution in [-0.4, -0.2) is 50.3 Å². The highest BCUT2D eigenvalue weighted by molar-refractivity contribution is 4.81. The normalized spacial score (nSPS) is 32.6. The molecule has 1 aliphatic carbocycles. The number of likely N-dealkylation sites (tertiary alicyclic amines) is 1. The van der Waals surface area contributed by atoms with Crippen molar-refractivity contribution in [2.75, 3.05) is 33.3 Å². The van der Waals surface area contributed by atoms with Crippen molar-refractivity contribution in [3.05, 3.63) is 0 Å². The van der Waals surface area contributed by atoms with Gasteiger partial charge in [0.15, 0.2) is 0 Å². The zero-order valence-electron chi connectivity index (χ0n) is 9.87. The van der Waals surface area contributed by atoms with E-state index in [1.807, 2.05) is 7.11 Å². The molecule has 2 aliphatic rings. The molecule has 2 atom stereocenters. The molecular formula is C12H24N2O. The van der Waals surface area contributed by atoms with Crippen molar-refractivity contribution < 1.29 is 4.74 Å². The molecule has 88 valence electrons. The molecule has 0 spiro atoms. The van der Waals surface area contributed by atoms with Crippen LogP contribution >= 0.6 is 0 Å². The van der Waals surface area contributed by atoms with Crippen molar-refractivity contribution in [1.82, 2.24) is 10.2 Å². The predicted molar refractivity (Wildman–Crippen MR) is 62.1 cm³/mol. The van der Waals surface area contributed by atoms with Crippen LogP contribution in [-0.2, 0) is 4.74 Å². The second-order valence-electron chi connectivity index (χ2n) is 4.87. The maximum atomic E-state index is 5.37. The molecule has 1 aliphatic heterocycles. The summed E-state index contributed by atoms with van der Waals surface area (Å²) in [5, 5.41) is 3.65. The molecule has 0 amide bonds. The van der Waals surface area contributed by atoms with Gasteiger partial charge in [-0.3, -0.25) is 0 Å². The summed E-state index contributed by atoms with van der Waals surface area (Å²) in [5.74, 6) is 0. The first-order chi connectivity index (χ1) is 7.38. The number of nitrogens with one attached hydrogen (secondary N) is 1. The molecule has 0 bridgehead atoms. The van der Waals surface area contributed by atoms with Crippen molar-refractivity contribution in [2.45, 2.75) is 44.2 Å². The molecule has 0 radical (unpaired) electrons. The Labute approximate surface area is 93.2 Å². The van der Waals surface area contributed by atoms with E-state index in [0.717, 1.165) is 6.54 Å². The minimum atomic E-state index is 0.509. The summed E-state index contributed by atoms with van der Waals surface area (Å²) in [6, 6.07) is 0.706. The summed E-state index contributed by atoms with van der Waals surface area (Å²) in [6.45, 7) is 5.01. The van der Waals surface area contributed by atoms with Crippen LogP contribution in [0.3, 0.4) is 0 Å². The van der Waals surface area contributed by atoms with Gasteiger partial charge in [-0.05, 0) is 45.2 Å². The van der Waals surface area contributed by atoms with Gasteiger partial charge in [0, 0.05) is 26.2 Å². The molecule has 2 fully saturated rings. The quantitative estimate of drug-likeness (QED) is 0.742. The lowest BCUT2D eigenvalue weighted by atomic mass is 10.2. The van der Waals surface area contributed by atoms with Gasteiger partial charge in [-0.1, -0.05) is 0 Å². The molecule has 1 saturated heterocycles. The fraction of sp³-hybridized carbons (Fsp3) is 1.00. The topological polar surface area (TPSA) is 24.5 Å². The van der Waals surface area contributed by atoms with E-state index in [1.54, 1.807) is 0 Å². The Morgan fingerprint density at radius 1 is 1.27 bits per heavy atom. The Hall–Kier alpha value is -0.120. The van der Waals surface area contributed by atoms with E-state index in [0.29, 0.717) is 12.1 Å². The van der Waals surface area contributed by atoms with Gasteiger partial charge in [-0.15, -0.1) is 0 Å². The third-order valence-electron chi connectivity index (χ3n) is 3.78. The van der Waals surface area contributed by atoms with Crippen LogP contribution in [0.1, 0.15) is 32.1 Å². The highest BCUT2D eigenvalue weighted by Gasteiger charge is 2.23. The van der Waals surface area contributed by atoms with Crippen molar-refractivity contribution >= 4 is 0 Å². The first-order valence-corrected chi connectivity index (χ1v) is 6.37. The number of hydrogen-bond acceptors (Lipinski definition) is 3. The number of hydrogen-bond donors (Lipinski definition) is 1. The molecule has 3 nitrogen and oxygen atoms in total. The molecular weight excluding hydrogens is 188 g/mol. The van der Waals surface area contributed by atoms with Gasteiger partial charge in [0.25, 0.3) is 0 Å². The summed E-state index contributed by atoms with van der Waals surface area (Å²) in [7, 11) is 1.83. The minimum absolute atomic E-state index is 0.509. The van der Waals surface area contributed by atoms with E-state index >= 15 is 0 Å². The monoisotopic (exact) mass is 212 g/mol. The standard InChI is InChI=1S/C12H24N2O/c1-15-12-5-4-11(10-12)13-6-9-14-7-2-3-8-14/h11-13H,2-10H2,1H3. The smallest absolute Gasteiger partial charge is 0.0586 e. The predicted octanol–water partition coefficient (Wildman–Crippen LogP) is 1.24.